The number of hydrogen-bond acceptors (Lipinski definition) is 3. The zero-order valence-electron chi connectivity index (χ0n) is 12.1. The lowest BCUT2D eigenvalue weighted by molar-refractivity contribution is 0.195. The van der Waals surface area contributed by atoms with E-state index in [1.807, 2.05) is 6.07 Å². The van der Waals surface area contributed by atoms with E-state index in [0.717, 1.165) is 25.3 Å². The molecule has 2 N–H and O–H groups in total. The number of benzene rings is 1. The molecule has 1 heterocycles. The molecule has 1 aliphatic rings. The molecule has 3 nitrogen and oxygen atoms in total. The molecular formula is C16H26N2O. The first-order valence-corrected chi connectivity index (χ1v) is 7.44. The number of ether oxygens (including phenoxy) is 1. The first-order valence-electron chi connectivity index (χ1n) is 7.44. The molecular weight excluding hydrogens is 236 g/mol. The van der Waals surface area contributed by atoms with Gasteiger partial charge in [0.2, 0.25) is 0 Å². The van der Waals surface area contributed by atoms with Crippen LogP contribution in [0.1, 0.15) is 44.7 Å². The van der Waals surface area contributed by atoms with Crippen molar-refractivity contribution < 1.29 is 4.74 Å². The van der Waals surface area contributed by atoms with E-state index >= 15 is 0 Å². The third-order valence-electron chi connectivity index (χ3n) is 3.94. The third-order valence-corrected chi connectivity index (χ3v) is 3.94. The van der Waals surface area contributed by atoms with Gasteiger partial charge in [0.25, 0.3) is 0 Å². The fraction of sp³-hybridized carbons (Fsp3) is 0.625. The van der Waals surface area contributed by atoms with Crippen LogP contribution < -0.4 is 10.5 Å². The molecule has 1 saturated heterocycles. The van der Waals surface area contributed by atoms with Crippen molar-refractivity contribution in [2.24, 2.45) is 5.73 Å². The Morgan fingerprint density at radius 2 is 2.32 bits per heavy atom. The van der Waals surface area contributed by atoms with Crippen molar-refractivity contribution in [3.05, 3.63) is 29.8 Å². The molecule has 1 aliphatic heterocycles. The van der Waals surface area contributed by atoms with Crippen LogP contribution in [0.2, 0.25) is 0 Å². The molecule has 0 bridgehead atoms. The summed E-state index contributed by atoms with van der Waals surface area (Å²) in [6.07, 6.45) is 3.60. The van der Waals surface area contributed by atoms with Gasteiger partial charge in [-0.1, -0.05) is 19.1 Å². The summed E-state index contributed by atoms with van der Waals surface area (Å²) in [7, 11) is 0. The summed E-state index contributed by atoms with van der Waals surface area (Å²) in [4.78, 5) is 2.53. The largest absolute Gasteiger partial charge is 0.494 e. The van der Waals surface area contributed by atoms with Gasteiger partial charge in [-0.15, -0.1) is 0 Å². The molecule has 0 aromatic heterocycles. The van der Waals surface area contributed by atoms with E-state index < -0.39 is 0 Å². The molecule has 2 rings (SSSR count). The van der Waals surface area contributed by atoms with E-state index in [0.29, 0.717) is 18.6 Å². The minimum Gasteiger partial charge on any atom is -0.494 e. The van der Waals surface area contributed by atoms with E-state index in [1.54, 1.807) is 0 Å². The van der Waals surface area contributed by atoms with Crippen LogP contribution in [0.4, 0.5) is 0 Å². The molecule has 2 atom stereocenters. The monoisotopic (exact) mass is 262 g/mol. The number of nitrogens with zero attached hydrogens (tertiary/aromatic N) is 1. The highest BCUT2D eigenvalue weighted by Gasteiger charge is 2.27. The van der Waals surface area contributed by atoms with Gasteiger partial charge in [-0.25, -0.2) is 0 Å². The smallest absolute Gasteiger partial charge is 0.119 e. The molecule has 1 aromatic carbocycles. The zero-order valence-corrected chi connectivity index (χ0v) is 12.1. The molecule has 0 amide bonds. The van der Waals surface area contributed by atoms with E-state index in [2.05, 4.69) is 36.9 Å². The minimum absolute atomic E-state index is 0.322. The standard InChI is InChI=1S/C16H26N2O/c1-3-10-19-15-8-4-7-14(11-15)16(12-17)18-9-5-6-13(18)2/h4,7-8,11,13,16H,3,5-6,9-10,12,17H2,1-2H3. The zero-order chi connectivity index (χ0) is 13.7. The SMILES string of the molecule is CCCOc1cccc(C(CN)N2CCCC2C)c1. The van der Waals surface area contributed by atoms with Crippen molar-refractivity contribution >= 4 is 0 Å². The van der Waals surface area contributed by atoms with E-state index in [4.69, 9.17) is 10.5 Å². The van der Waals surface area contributed by atoms with Crippen LogP contribution in [-0.2, 0) is 0 Å². The van der Waals surface area contributed by atoms with Crippen molar-refractivity contribution in [1.29, 1.82) is 0 Å². The van der Waals surface area contributed by atoms with Gasteiger partial charge in [0, 0.05) is 18.6 Å². The Bertz CT molecular complexity index is 394. The van der Waals surface area contributed by atoms with E-state index in [9.17, 15) is 0 Å². The van der Waals surface area contributed by atoms with Gasteiger partial charge >= 0.3 is 0 Å². The second kappa shape index (κ2) is 6.92. The number of hydrogen-bond donors (Lipinski definition) is 1. The van der Waals surface area contributed by atoms with Gasteiger partial charge in [-0.05, 0) is 50.4 Å². The molecule has 3 heteroatoms. The van der Waals surface area contributed by atoms with Gasteiger partial charge < -0.3 is 10.5 Å². The van der Waals surface area contributed by atoms with Crippen molar-refractivity contribution in [3.8, 4) is 5.75 Å². The predicted molar refractivity (Wildman–Crippen MR) is 79.4 cm³/mol. The summed E-state index contributed by atoms with van der Waals surface area (Å²) >= 11 is 0. The van der Waals surface area contributed by atoms with Crippen molar-refractivity contribution in [2.45, 2.75) is 45.2 Å². The topological polar surface area (TPSA) is 38.5 Å². The fourth-order valence-corrected chi connectivity index (χ4v) is 2.91. The van der Waals surface area contributed by atoms with Crippen molar-refractivity contribution in [1.82, 2.24) is 4.90 Å². The summed E-state index contributed by atoms with van der Waals surface area (Å²) in [5.74, 6) is 0.963. The highest BCUT2D eigenvalue weighted by atomic mass is 16.5. The Morgan fingerprint density at radius 1 is 1.47 bits per heavy atom. The van der Waals surface area contributed by atoms with E-state index in [1.165, 1.54) is 18.4 Å². The first kappa shape index (κ1) is 14.4. The van der Waals surface area contributed by atoms with Gasteiger partial charge in [0.05, 0.1) is 6.61 Å². The maximum atomic E-state index is 6.01. The molecule has 2 unspecified atom stereocenters. The van der Waals surface area contributed by atoms with Gasteiger partial charge in [-0.3, -0.25) is 4.90 Å². The molecule has 1 aromatic rings. The Kier molecular flexibility index (Phi) is 5.23. The summed E-state index contributed by atoms with van der Waals surface area (Å²) in [5, 5.41) is 0. The number of rotatable bonds is 6. The summed E-state index contributed by atoms with van der Waals surface area (Å²) in [6.45, 7) is 7.02. The summed E-state index contributed by atoms with van der Waals surface area (Å²) in [6, 6.07) is 9.38. The maximum Gasteiger partial charge on any atom is 0.119 e. The number of likely N-dealkylation sites (tertiary alicyclic amines) is 1. The van der Waals surface area contributed by atoms with Crippen LogP contribution in [0, 0.1) is 0 Å². The van der Waals surface area contributed by atoms with Gasteiger partial charge in [-0.2, -0.15) is 0 Å². The third kappa shape index (κ3) is 3.48. The molecule has 0 radical (unpaired) electrons. The average Bonchev–Trinajstić information content (AvgIpc) is 2.84. The van der Waals surface area contributed by atoms with Crippen molar-refractivity contribution in [2.75, 3.05) is 19.7 Å². The Morgan fingerprint density at radius 3 is 2.95 bits per heavy atom. The molecule has 0 saturated carbocycles. The quantitative estimate of drug-likeness (QED) is 0.856. The maximum absolute atomic E-state index is 6.01. The van der Waals surface area contributed by atoms with Crippen LogP contribution in [0.3, 0.4) is 0 Å². The fourth-order valence-electron chi connectivity index (χ4n) is 2.91. The normalized spacial score (nSPS) is 21.5. The highest BCUT2D eigenvalue weighted by molar-refractivity contribution is 5.31. The van der Waals surface area contributed by atoms with Crippen molar-refractivity contribution in [3.63, 3.8) is 0 Å². The van der Waals surface area contributed by atoms with Crippen LogP contribution in [0.15, 0.2) is 24.3 Å². The summed E-state index contributed by atoms with van der Waals surface area (Å²) in [5.41, 5.74) is 7.30. The van der Waals surface area contributed by atoms with Crippen LogP contribution in [0.25, 0.3) is 0 Å². The summed E-state index contributed by atoms with van der Waals surface area (Å²) < 4.78 is 5.72. The highest BCUT2D eigenvalue weighted by Crippen LogP contribution is 2.30. The molecule has 0 aliphatic carbocycles. The molecule has 1 fully saturated rings. The lowest BCUT2D eigenvalue weighted by Crippen LogP contribution is -2.35. The second-order valence-electron chi connectivity index (χ2n) is 5.40. The Labute approximate surface area is 116 Å². The average molecular weight is 262 g/mol. The lowest BCUT2D eigenvalue weighted by atomic mass is 10.0. The Balaban J connectivity index is 2.13. The predicted octanol–water partition coefficient (Wildman–Crippen LogP) is 2.96. The molecule has 19 heavy (non-hydrogen) atoms. The van der Waals surface area contributed by atoms with Crippen LogP contribution in [0.5, 0.6) is 5.75 Å². The van der Waals surface area contributed by atoms with Crippen LogP contribution >= 0.6 is 0 Å². The van der Waals surface area contributed by atoms with Gasteiger partial charge in [0.1, 0.15) is 5.75 Å². The molecule has 106 valence electrons. The van der Waals surface area contributed by atoms with E-state index in [-0.39, 0.29) is 0 Å². The lowest BCUT2D eigenvalue weighted by Gasteiger charge is -2.31. The van der Waals surface area contributed by atoms with Crippen LogP contribution in [-0.4, -0.2) is 30.6 Å². The first-order chi connectivity index (χ1) is 9.26. The van der Waals surface area contributed by atoms with Gasteiger partial charge in [0.15, 0.2) is 0 Å². The number of nitrogens with two attached hydrogens (primary N) is 1. The molecule has 0 spiro atoms. The second-order valence-corrected chi connectivity index (χ2v) is 5.40. The minimum atomic E-state index is 0.322. The Hall–Kier alpha value is -1.06.